The number of carboxylic acid groups (broad SMARTS) is 1. The minimum Gasteiger partial charge on any atom is -0.480 e. The standard InChI is InChI=1S/C18H13F4N5O2/c19-11-5-3-4-10(18(20,21)22)16(11)26-14-8-13(12-6-1-2-7-23-12)25-17(27-14)24-9-15(28)29/h1-8H,9H2,(H,28,29)(H2,24,25,26,27). The van der Waals surface area contributed by atoms with E-state index in [9.17, 15) is 22.4 Å². The van der Waals surface area contributed by atoms with E-state index in [1.165, 1.54) is 12.3 Å². The van der Waals surface area contributed by atoms with E-state index in [1.807, 2.05) is 0 Å². The first-order valence-corrected chi connectivity index (χ1v) is 8.13. The molecular weight excluding hydrogens is 394 g/mol. The van der Waals surface area contributed by atoms with E-state index in [0.717, 1.165) is 18.2 Å². The van der Waals surface area contributed by atoms with E-state index in [2.05, 4.69) is 25.6 Å². The fourth-order valence-electron chi connectivity index (χ4n) is 2.41. The van der Waals surface area contributed by atoms with Crippen LogP contribution in [-0.4, -0.2) is 32.6 Å². The molecule has 0 aliphatic heterocycles. The number of aliphatic carboxylic acids is 1. The van der Waals surface area contributed by atoms with Gasteiger partial charge in [0.15, 0.2) is 0 Å². The molecule has 0 bridgehead atoms. The number of hydrogen-bond donors (Lipinski definition) is 3. The lowest BCUT2D eigenvalue weighted by Crippen LogP contribution is -2.15. The summed E-state index contributed by atoms with van der Waals surface area (Å²) in [6.07, 6.45) is -3.32. The van der Waals surface area contributed by atoms with Gasteiger partial charge >= 0.3 is 12.1 Å². The molecule has 0 saturated heterocycles. The fourth-order valence-corrected chi connectivity index (χ4v) is 2.41. The molecule has 0 spiro atoms. The highest BCUT2D eigenvalue weighted by molar-refractivity contribution is 5.73. The largest absolute Gasteiger partial charge is 0.480 e. The van der Waals surface area contributed by atoms with E-state index < -0.39 is 35.8 Å². The Morgan fingerprint density at radius 3 is 2.52 bits per heavy atom. The summed E-state index contributed by atoms with van der Waals surface area (Å²) in [6, 6.07) is 8.75. The zero-order valence-corrected chi connectivity index (χ0v) is 14.5. The lowest BCUT2D eigenvalue weighted by Gasteiger charge is -2.16. The summed E-state index contributed by atoms with van der Waals surface area (Å²) in [7, 11) is 0. The van der Waals surface area contributed by atoms with Gasteiger partial charge in [0, 0.05) is 12.3 Å². The van der Waals surface area contributed by atoms with Crippen molar-refractivity contribution >= 4 is 23.4 Å². The molecular formula is C18H13F4N5O2. The van der Waals surface area contributed by atoms with Crippen molar-refractivity contribution in [3.05, 3.63) is 60.0 Å². The number of nitrogens with zero attached hydrogens (tertiary/aromatic N) is 3. The van der Waals surface area contributed by atoms with Gasteiger partial charge in [-0.15, -0.1) is 0 Å². The zero-order valence-electron chi connectivity index (χ0n) is 14.5. The van der Waals surface area contributed by atoms with Gasteiger partial charge in [-0.05, 0) is 24.3 Å². The molecule has 3 aromatic rings. The summed E-state index contributed by atoms with van der Waals surface area (Å²) in [5.41, 5.74) is -1.47. The van der Waals surface area contributed by atoms with Crippen LogP contribution in [0.3, 0.4) is 0 Å². The maximum absolute atomic E-state index is 14.1. The molecule has 0 saturated carbocycles. The second kappa shape index (κ2) is 8.09. The quantitative estimate of drug-likeness (QED) is 0.532. The van der Waals surface area contributed by atoms with E-state index in [0.29, 0.717) is 5.69 Å². The fraction of sp³-hybridized carbons (Fsp3) is 0.111. The maximum atomic E-state index is 14.1. The minimum atomic E-state index is -4.80. The van der Waals surface area contributed by atoms with Crippen LogP contribution in [0.2, 0.25) is 0 Å². The molecule has 3 N–H and O–H groups in total. The van der Waals surface area contributed by atoms with Gasteiger partial charge in [-0.25, -0.2) is 9.37 Å². The molecule has 1 aromatic carbocycles. The lowest BCUT2D eigenvalue weighted by molar-refractivity contribution is -0.137. The second-order valence-corrected chi connectivity index (χ2v) is 5.71. The van der Waals surface area contributed by atoms with Crippen LogP contribution in [0.4, 0.5) is 35.0 Å². The monoisotopic (exact) mass is 407 g/mol. The van der Waals surface area contributed by atoms with Gasteiger partial charge in [0.05, 0.1) is 22.6 Å². The van der Waals surface area contributed by atoms with Gasteiger partial charge in [0.25, 0.3) is 0 Å². The minimum absolute atomic E-state index is 0.177. The normalized spacial score (nSPS) is 11.2. The van der Waals surface area contributed by atoms with Gasteiger partial charge in [-0.2, -0.15) is 18.2 Å². The van der Waals surface area contributed by atoms with Crippen molar-refractivity contribution in [3.8, 4) is 11.4 Å². The molecule has 7 nitrogen and oxygen atoms in total. The number of para-hydroxylation sites is 1. The third kappa shape index (κ3) is 4.94. The number of rotatable bonds is 6. The van der Waals surface area contributed by atoms with Crippen LogP contribution in [0.5, 0.6) is 0 Å². The van der Waals surface area contributed by atoms with Crippen LogP contribution in [0.15, 0.2) is 48.7 Å². The lowest BCUT2D eigenvalue weighted by atomic mass is 10.1. The molecule has 11 heteroatoms. The number of carbonyl (C=O) groups is 1. The van der Waals surface area contributed by atoms with Gasteiger partial charge < -0.3 is 15.7 Å². The molecule has 0 radical (unpaired) electrons. The third-order valence-corrected chi connectivity index (χ3v) is 3.62. The molecule has 3 rings (SSSR count). The van der Waals surface area contributed by atoms with E-state index in [1.54, 1.807) is 18.2 Å². The summed E-state index contributed by atoms with van der Waals surface area (Å²) in [4.78, 5) is 22.9. The van der Waals surface area contributed by atoms with Crippen molar-refractivity contribution in [1.82, 2.24) is 15.0 Å². The SMILES string of the molecule is O=C(O)CNc1nc(Nc2c(F)cccc2C(F)(F)F)cc(-c2ccccn2)n1. The van der Waals surface area contributed by atoms with Crippen molar-refractivity contribution in [2.75, 3.05) is 17.2 Å². The Labute approximate surface area is 161 Å². The number of aromatic nitrogens is 3. The average molecular weight is 407 g/mol. The predicted octanol–water partition coefficient (Wildman–Crippen LogP) is 3.94. The highest BCUT2D eigenvalue weighted by Gasteiger charge is 2.35. The Morgan fingerprint density at radius 2 is 1.86 bits per heavy atom. The van der Waals surface area contributed by atoms with E-state index >= 15 is 0 Å². The summed E-state index contributed by atoms with van der Waals surface area (Å²) >= 11 is 0. The molecule has 0 aliphatic rings. The molecule has 150 valence electrons. The van der Waals surface area contributed by atoms with Crippen molar-refractivity contribution in [1.29, 1.82) is 0 Å². The molecule has 0 aliphatic carbocycles. The van der Waals surface area contributed by atoms with Crippen LogP contribution < -0.4 is 10.6 Å². The molecule has 2 heterocycles. The summed E-state index contributed by atoms with van der Waals surface area (Å²) < 4.78 is 53.8. The number of hydrogen-bond acceptors (Lipinski definition) is 6. The molecule has 29 heavy (non-hydrogen) atoms. The second-order valence-electron chi connectivity index (χ2n) is 5.71. The number of carboxylic acids is 1. The topological polar surface area (TPSA) is 100 Å². The van der Waals surface area contributed by atoms with Crippen LogP contribution in [0, 0.1) is 5.82 Å². The first kappa shape index (κ1) is 20.0. The van der Waals surface area contributed by atoms with Gasteiger partial charge in [-0.3, -0.25) is 9.78 Å². The van der Waals surface area contributed by atoms with Crippen molar-refractivity contribution in [3.63, 3.8) is 0 Å². The summed E-state index contributed by atoms with van der Waals surface area (Å²) in [5.74, 6) is -2.68. The van der Waals surface area contributed by atoms with Gasteiger partial charge in [-0.1, -0.05) is 12.1 Å². The molecule has 0 fully saturated rings. The summed E-state index contributed by atoms with van der Waals surface area (Å²) in [5, 5.41) is 13.6. The maximum Gasteiger partial charge on any atom is 0.418 e. The van der Waals surface area contributed by atoms with E-state index in [-0.39, 0.29) is 17.5 Å². The zero-order chi connectivity index (χ0) is 21.0. The Morgan fingerprint density at radius 1 is 1.07 bits per heavy atom. The number of nitrogens with one attached hydrogen (secondary N) is 2. The molecule has 0 unspecified atom stereocenters. The van der Waals surface area contributed by atoms with Crippen LogP contribution >= 0.6 is 0 Å². The smallest absolute Gasteiger partial charge is 0.418 e. The Hall–Kier alpha value is -3.76. The van der Waals surface area contributed by atoms with E-state index in [4.69, 9.17) is 5.11 Å². The Bertz CT molecular complexity index is 1030. The number of benzene rings is 1. The highest BCUT2D eigenvalue weighted by Crippen LogP contribution is 2.37. The van der Waals surface area contributed by atoms with Gasteiger partial charge in [0.1, 0.15) is 18.2 Å². The first-order chi connectivity index (χ1) is 13.7. The average Bonchev–Trinajstić information content (AvgIpc) is 2.67. The Kier molecular flexibility index (Phi) is 5.57. The Balaban J connectivity index is 2.05. The number of halogens is 4. The molecule has 0 atom stereocenters. The molecule has 0 amide bonds. The number of alkyl halides is 3. The first-order valence-electron chi connectivity index (χ1n) is 8.13. The predicted molar refractivity (Wildman–Crippen MR) is 96.1 cm³/mol. The number of anilines is 3. The van der Waals surface area contributed by atoms with Crippen molar-refractivity contribution in [2.45, 2.75) is 6.18 Å². The van der Waals surface area contributed by atoms with Crippen LogP contribution in [0.1, 0.15) is 5.56 Å². The van der Waals surface area contributed by atoms with Crippen molar-refractivity contribution in [2.24, 2.45) is 0 Å². The van der Waals surface area contributed by atoms with Crippen LogP contribution in [-0.2, 0) is 11.0 Å². The van der Waals surface area contributed by atoms with Gasteiger partial charge in [0.2, 0.25) is 5.95 Å². The summed E-state index contributed by atoms with van der Waals surface area (Å²) in [6.45, 7) is -0.529. The third-order valence-electron chi connectivity index (χ3n) is 3.62. The highest BCUT2D eigenvalue weighted by atomic mass is 19.4. The van der Waals surface area contributed by atoms with Crippen LogP contribution in [0.25, 0.3) is 11.4 Å². The molecule has 2 aromatic heterocycles. The number of pyridine rings is 1. The van der Waals surface area contributed by atoms with Crippen molar-refractivity contribution < 1.29 is 27.5 Å².